The first-order chi connectivity index (χ1) is 4.43. The van der Waals surface area contributed by atoms with Crippen molar-refractivity contribution in [3.63, 3.8) is 0 Å². The van der Waals surface area contributed by atoms with Gasteiger partial charge in [0.2, 0.25) is 0 Å². The maximum Gasteiger partial charge on any atom is 0.0172 e. The molecule has 1 saturated carbocycles. The standard InChI is InChI=1S/C7H14IN/c8-9-7-5-3-1-2-4-6-7/h7,9H,1-6H2. The summed E-state index contributed by atoms with van der Waals surface area (Å²) in [5.74, 6) is 0. The van der Waals surface area contributed by atoms with Gasteiger partial charge in [0.05, 0.1) is 0 Å². The molecule has 0 aliphatic heterocycles. The molecule has 0 saturated heterocycles. The Morgan fingerprint density at radius 3 is 2.00 bits per heavy atom. The summed E-state index contributed by atoms with van der Waals surface area (Å²) >= 11 is 2.27. The molecule has 2 heteroatoms. The lowest BCUT2D eigenvalue weighted by molar-refractivity contribution is 0.563. The highest BCUT2D eigenvalue weighted by molar-refractivity contribution is 14.1. The monoisotopic (exact) mass is 239 g/mol. The lowest BCUT2D eigenvalue weighted by Crippen LogP contribution is -2.18. The van der Waals surface area contributed by atoms with Crippen molar-refractivity contribution in [1.82, 2.24) is 3.53 Å². The molecule has 9 heavy (non-hydrogen) atoms. The third-order valence-corrected chi connectivity index (χ3v) is 2.89. The predicted octanol–water partition coefficient (Wildman–Crippen LogP) is 2.65. The van der Waals surface area contributed by atoms with Crippen molar-refractivity contribution in [2.45, 2.75) is 44.6 Å². The molecule has 0 aromatic rings. The summed E-state index contributed by atoms with van der Waals surface area (Å²) in [6, 6.07) is 0.813. The smallest absolute Gasteiger partial charge is 0.0172 e. The van der Waals surface area contributed by atoms with Crippen molar-refractivity contribution in [3.8, 4) is 0 Å². The van der Waals surface area contributed by atoms with Gasteiger partial charge in [-0.05, 0) is 12.8 Å². The van der Waals surface area contributed by atoms with Gasteiger partial charge >= 0.3 is 0 Å². The second kappa shape index (κ2) is 4.50. The predicted molar refractivity (Wildman–Crippen MR) is 48.6 cm³/mol. The molecule has 1 N–H and O–H groups in total. The minimum atomic E-state index is 0.813. The molecular weight excluding hydrogens is 225 g/mol. The zero-order valence-corrected chi connectivity index (χ0v) is 7.86. The normalized spacial score (nSPS) is 23.7. The number of halogens is 1. The highest BCUT2D eigenvalue weighted by atomic mass is 127. The van der Waals surface area contributed by atoms with E-state index >= 15 is 0 Å². The van der Waals surface area contributed by atoms with Crippen molar-refractivity contribution in [1.29, 1.82) is 0 Å². The molecule has 0 spiro atoms. The van der Waals surface area contributed by atoms with Gasteiger partial charge in [-0.2, -0.15) is 0 Å². The van der Waals surface area contributed by atoms with Crippen LogP contribution in [0, 0.1) is 0 Å². The van der Waals surface area contributed by atoms with E-state index in [1.807, 2.05) is 0 Å². The fraction of sp³-hybridized carbons (Fsp3) is 1.00. The Morgan fingerprint density at radius 2 is 1.56 bits per heavy atom. The molecule has 54 valence electrons. The van der Waals surface area contributed by atoms with E-state index in [2.05, 4.69) is 26.4 Å². The van der Waals surface area contributed by atoms with Gasteiger partial charge in [-0.25, -0.2) is 0 Å². The fourth-order valence-corrected chi connectivity index (χ4v) is 2.01. The SMILES string of the molecule is INC1CCCCCC1. The van der Waals surface area contributed by atoms with Crippen molar-refractivity contribution >= 4 is 22.9 Å². The third kappa shape index (κ3) is 2.85. The number of hydrogen-bond donors (Lipinski definition) is 1. The van der Waals surface area contributed by atoms with Gasteiger partial charge in [0.15, 0.2) is 0 Å². The van der Waals surface area contributed by atoms with Gasteiger partial charge in [0.1, 0.15) is 0 Å². The van der Waals surface area contributed by atoms with Crippen LogP contribution in [0.2, 0.25) is 0 Å². The van der Waals surface area contributed by atoms with E-state index < -0.39 is 0 Å². The van der Waals surface area contributed by atoms with Crippen molar-refractivity contribution in [3.05, 3.63) is 0 Å². The van der Waals surface area contributed by atoms with Crippen LogP contribution in [0.15, 0.2) is 0 Å². The molecule has 1 rings (SSSR count). The Kier molecular flexibility index (Phi) is 3.89. The minimum Gasteiger partial charge on any atom is -0.258 e. The van der Waals surface area contributed by atoms with Crippen molar-refractivity contribution < 1.29 is 0 Å². The molecule has 1 fully saturated rings. The van der Waals surface area contributed by atoms with E-state index in [1.54, 1.807) is 0 Å². The maximum absolute atomic E-state index is 3.31. The minimum absolute atomic E-state index is 0.813. The van der Waals surface area contributed by atoms with E-state index in [9.17, 15) is 0 Å². The van der Waals surface area contributed by atoms with Crippen LogP contribution in [0.1, 0.15) is 38.5 Å². The summed E-state index contributed by atoms with van der Waals surface area (Å²) in [5, 5.41) is 0. The zero-order chi connectivity index (χ0) is 6.53. The van der Waals surface area contributed by atoms with Crippen LogP contribution in [0.25, 0.3) is 0 Å². The maximum atomic E-state index is 3.31. The molecule has 1 aliphatic carbocycles. The van der Waals surface area contributed by atoms with E-state index in [0.717, 1.165) is 6.04 Å². The van der Waals surface area contributed by atoms with Crippen LogP contribution < -0.4 is 3.53 Å². The molecule has 0 aromatic carbocycles. The summed E-state index contributed by atoms with van der Waals surface area (Å²) in [6.45, 7) is 0. The van der Waals surface area contributed by atoms with Crippen LogP contribution in [0.5, 0.6) is 0 Å². The van der Waals surface area contributed by atoms with Gasteiger partial charge in [0.25, 0.3) is 0 Å². The highest BCUT2D eigenvalue weighted by Crippen LogP contribution is 2.17. The molecule has 1 aliphatic rings. The summed E-state index contributed by atoms with van der Waals surface area (Å²) in [7, 11) is 0. The number of nitrogens with one attached hydrogen (secondary N) is 1. The number of hydrogen-bond acceptors (Lipinski definition) is 1. The lowest BCUT2D eigenvalue weighted by atomic mass is 10.1. The van der Waals surface area contributed by atoms with E-state index in [1.165, 1.54) is 38.5 Å². The molecule has 0 heterocycles. The Morgan fingerprint density at radius 1 is 1.00 bits per heavy atom. The molecule has 0 amide bonds. The number of rotatable bonds is 1. The third-order valence-electron chi connectivity index (χ3n) is 2.01. The molecule has 0 radical (unpaired) electrons. The Bertz CT molecular complexity index is 67.3. The van der Waals surface area contributed by atoms with E-state index in [4.69, 9.17) is 0 Å². The van der Waals surface area contributed by atoms with Crippen LogP contribution in [-0.2, 0) is 0 Å². The summed E-state index contributed by atoms with van der Waals surface area (Å²) in [6.07, 6.45) is 8.55. The average molecular weight is 239 g/mol. The topological polar surface area (TPSA) is 12.0 Å². The second-order valence-electron chi connectivity index (χ2n) is 2.80. The van der Waals surface area contributed by atoms with Gasteiger partial charge in [-0.15, -0.1) is 0 Å². The van der Waals surface area contributed by atoms with E-state index in [0.29, 0.717) is 0 Å². The summed E-state index contributed by atoms with van der Waals surface area (Å²) in [5.41, 5.74) is 0. The zero-order valence-electron chi connectivity index (χ0n) is 5.70. The second-order valence-corrected chi connectivity index (χ2v) is 3.42. The van der Waals surface area contributed by atoms with Crippen LogP contribution in [0.3, 0.4) is 0 Å². The molecule has 0 bridgehead atoms. The van der Waals surface area contributed by atoms with Crippen LogP contribution >= 0.6 is 22.9 Å². The highest BCUT2D eigenvalue weighted by Gasteiger charge is 2.08. The van der Waals surface area contributed by atoms with Gasteiger partial charge in [0, 0.05) is 28.9 Å². The largest absolute Gasteiger partial charge is 0.258 e. The van der Waals surface area contributed by atoms with Crippen molar-refractivity contribution in [2.24, 2.45) is 0 Å². The summed E-state index contributed by atoms with van der Waals surface area (Å²) < 4.78 is 3.31. The van der Waals surface area contributed by atoms with Crippen LogP contribution in [0.4, 0.5) is 0 Å². The lowest BCUT2D eigenvalue weighted by Gasteiger charge is -2.09. The Labute approximate surface area is 71.1 Å². The average Bonchev–Trinajstić information content (AvgIpc) is 2.13. The molecule has 0 atom stereocenters. The Hall–Kier alpha value is 0.690. The molecule has 0 aromatic heterocycles. The molecular formula is C7H14IN. The Balaban J connectivity index is 2.18. The first-order valence-corrected chi connectivity index (χ1v) is 4.87. The molecule has 0 unspecified atom stereocenters. The van der Waals surface area contributed by atoms with Gasteiger partial charge < -0.3 is 0 Å². The first-order valence-electron chi connectivity index (χ1n) is 3.79. The van der Waals surface area contributed by atoms with Gasteiger partial charge in [-0.3, -0.25) is 3.53 Å². The van der Waals surface area contributed by atoms with Crippen molar-refractivity contribution in [2.75, 3.05) is 0 Å². The summed E-state index contributed by atoms with van der Waals surface area (Å²) in [4.78, 5) is 0. The quantitative estimate of drug-likeness (QED) is 0.421. The van der Waals surface area contributed by atoms with Crippen LogP contribution in [-0.4, -0.2) is 6.04 Å². The fourth-order valence-electron chi connectivity index (χ4n) is 1.39. The van der Waals surface area contributed by atoms with Gasteiger partial charge in [-0.1, -0.05) is 25.7 Å². The first kappa shape index (κ1) is 7.79. The molecule has 1 nitrogen and oxygen atoms in total. The van der Waals surface area contributed by atoms with E-state index in [-0.39, 0.29) is 0 Å².